The highest BCUT2D eigenvalue weighted by Crippen LogP contribution is 2.27. The standard InChI is InChI=1S/C24H30ClN3OS/c1-17-5-3-6-18(2)27(17)13-4-12-26-24(29)22-15-23-21(11-14-30-23)28(22)16-19-7-9-20(25)10-8-19/h7-11,14-15,17-18H,3-6,12-13,16H2,1-2H3,(H,26,29)/t17-,18-/m1/s1. The highest BCUT2D eigenvalue weighted by atomic mass is 35.5. The molecule has 6 heteroatoms. The number of piperidine rings is 1. The van der Waals surface area contributed by atoms with Crippen molar-refractivity contribution in [3.63, 3.8) is 0 Å². The summed E-state index contributed by atoms with van der Waals surface area (Å²) in [5.41, 5.74) is 2.97. The highest BCUT2D eigenvalue weighted by Gasteiger charge is 2.24. The first kappa shape index (κ1) is 21.4. The first-order chi connectivity index (χ1) is 14.5. The van der Waals surface area contributed by atoms with E-state index in [1.54, 1.807) is 11.3 Å². The van der Waals surface area contributed by atoms with Gasteiger partial charge in [-0.25, -0.2) is 0 Å². The van der Waals surface area contributed by atoms with E-state index in [2.05, 4.69) is 40.1 Å². The van der Waals surface area contributed by atoms with Crippen LogP contribution in [0.3, 0.4) is 0 Å². The van der Waals surface area contributed by atoms with Gasteiger partial charge >= 0.3 is 0 Å². The van der Waals surface area contributed by atoms with Crippen molar-refractivity contribution in [3.05, 3.63) is 58.1 Å². The van der Waals surface area contributed by atoms with Crippen molar-refractivity contribution in [3.8, 4) is 0 Å². The number of likely N-dealkylation sites (tertiary alicyclic amines) is 1. The molecule has 0 bridgehead atoms. The van der Waals surface area contributed by atoms with E-state index in [-0.39, 0.29) is 5.91 Å². The topological polar surface area (TPSA) is 37.3 Å². The summed E-state index contributed by atoms with van der Waals surface area (Å²) in [5, 5.41) is 5.95. The summed E-state index contributed by atoms with van der Waals surface area (Å²) in [5.74, 6) is 0.00658. The number of nitrogens with zero attached hydrogens (tertiary/aromatic N) is 2. The number of amides is 1. The summed E-state index contributed by atoms with van der Waals surface area (Å²) in [4.78, 5) is 15.6. The van der Waals surface area contributed by atoms with Gasteiger partial charge in [-0.2, -0.15) is 0 Å². The van der Waals surface area contributed by atoms with Gasteiger partial charge in [0, 0.05) is 36.7 Å². The van der Waals surface area contributed by atoms with Crippen LogP contribution in [0.5, 0.6) is 0 Å². The largest absolute Gasteiger partial charge is 0.351 e. The van der Waals surface area contributed by atoms with Gasteiger partial charge in [0.1, 0.15) is 5.69 Å². The van der Waals surface area contributed by atoms with E-state index < -0.39 is 0 Å². The van der Waals surface area contributed by atoms with Gasteiger partial charge in [0.15, 0.2) is 0 Å². The van der Waals surface area contributed by atoms with Gasteiger partial charge in [0.25, 0.3) is 5.91 Å². The van der Waals surface area contributed by atoms with Gasteiger partial charge in [-0.05, 0) is 68.3 Å². The zero-order valence-corrected chi connectivity index (χ0v) is 19.3. The monoisotopic (exact) mass is 443 g/mol. The lowest BCUT2D eigenvalue weighted by Gasteiger charge is -2.39. The van der Waals surface area contributed by atoms with Crippen LogP contribution in [0.2, 0.25) is 5.02 Å². The predicted molar refractivity (Wildman–Crippen MR) is 127 cm³/mol. The maximum Gasteiger partial charge on any atom is 0.267 e. The lowest BCUT2D eigenvalue weighted by molar-refractivity contribution is 0.0918. The van der Waals surface area contributed by atoms with E-state index in [1.165, 1.54) is 19.3 Å². The molecule has 1 aromatic carbocycles. The molecule has 160 valence electrons. The quantitative estimate of drug-likeness (QED) is 0.469. The summed E-state index contributed by atoms with van der Waals surface area (Å²) < 4.78 is 3.25. The summed E-state index contributed by atoms with van der Waals surface area (Å²) >= 11 is 7.70. The molecule has 1 N–H and O–H groups in total. The molecule has 2 aromatic heterocycles. The van der Waals surface area contributed by atoms with Gasteiger partial charge in [-0.15, -0.1) is 11.3 Å². The third-order valence-electron chi connectivity index (χ3n) is 6.26. The lowest BCUT2D eigenvalue weighted by atomic mass is 9.97. The van der Waals surface area contributed by atoms with Crippen LogP contribution < -0.4 is 5.32 Å². The maximum atomic E-state index is 13.0. The number of hydrogen-bond donors (Lipinski definition) is 1. The Balaban J connectivity index is 1.40. The molecule has 0 aliphatic carbocycles. The molecule has 30 heavy (non-hydrogen) atoms. The number of halogens is 1. The minimum absolute atomic E-state index is 0.00658. The van der Waals surface area contributed by atoms with E-state index in [4.69, 9.17) is 11.6 Å². The van der Waals surface area contributed by atoms with Crippen LogP contribution in [0.1, 0.15) is 55.6 Å². The predicted octanol–water partition coefficient (Wildman–Crippen LogP) is 5.79. The second-order valence-electron chi connectivity index (χ2n) is 8.39. The fraction of sp³-hybridized carbons (Fsp3) is 0.458. The lowest BCUT2D eigenvalue weighted by Crippen LogP contribution is -2.44. The van der Waals surface area contributed by atoms with Crippen LogP contribution in [-0.2, 0) is 6.54 Å². The molecule has 0 saturated carbocycles. The maximum absolute atomic E-state index is 13.0. The van der Waals surface area contributed by atoms with Gasteiger partial charge in [-0.1, -0.05) is 30.2 Å². The average Bonchev–Trinajstić information content (AvgIpc) is 3.31. The Morgan fingerprint density at radius 1 is 1.17 bits per heavy atom. The number of aromatic nitrogens is 1. The summed E-state index contributed by atoms with van der Waals surface area (Å²) in [6.07, 6.45) is 4.88. The fourth-order valence-corrected chi connectivity index (χ4v) is 5.53. The van der Waals surface area contributed by atoms with Crippen molar-refractivity contribution in [2.45, 2.75) is 58.2 Å². The molecule has 1 aliphatic heterocycles. The number of fused-ring (bicyclic) bond motifs is 1. The van der Waals surface area contributed by atoms with Crippen LogP contribution in [0.4, 0.5) is 0 Å². The van der Waals surface area contributed by atoms with Crippen LogP contribution in [0, 0.1) is 0 Å². The fourth-order valence-electron chi connectivity index (χ4n) is 4.58. The molecular weight excluding hydrogens is 414 g/mol. The normalized spacial score (nSPS) is 20.0. The minimum atomic E-state index is 0.00658. The second kappa shape index (κ2) is 9.54. The number of hydrogen-bond acceptors (Lipinski definition) is 3. The first-order valence-electron chi connectivity index (χ1n) is 10.9. The van der Waals surface area contributed by atoms with Gasteiger partial charge < -0.3 is 9.88 Å². The van der Waals surface area contributed by atoms with Crippen molar-refractivity contribution < 1.29 is 4.79 Å². The Morgan fingerprint density at radius 2 is 1.90 bits per heavy atom. The summed E-state index contributed by atoms with van der Waals surface area (Å²) in [7, 11) is 0. The van der Waals surface area contributed by atoms with E-state index >= 15 is 0 Å². The zero-order chi connectivity index (χ0) is 21.1. The minimum Gasteiger partial charge on any atom is -0.351 e. The third kappa shape index (κ3) is 4.74. The summed E-state index contributed by atoms with van der Waals surface area (Å²) in [6.45, 7) is 7.05. The van der Waals surface area contributed by atoms with Crippen molar-refractivity contribution in [2.24, 2.45) is 0 Å². The first-order valence-corrected chi connectivity index (χ1v) is 12.1. The molecule has 0 spiro atoms. The smallest absolute Gasteiger partial charge is 0.267 e. The molecule has 1 aliphatic rings. The number of carbonyl (C=O) groups is 1. The van der Waals surface area contributed by atoms with E-state index in [0.717, 1.165) is 39.5 Å². The molecule has 2 atom stereocenters. The SMILES string of the molecule is C[C@@H]1CCC[C@@H](C)N1CCCNC(=O)c1cc2sccc2n1Cc1ccc(Cl)cc1. The van der Waals surface area contributed by atoms with Gasteiger partial charge in [0.2, 0.25) is 0 Å². The van der Waals surface area contributed by atoms with Crippen molar-refractivity contribution >= 4 is 39.1 Å². The van der Waals surface area contributed by atoms with Crippen LogP contribution >= 0.6 is 22.9 Å². The zero-order valence-electron chi connectivity index (χ0n) is 17.7. The van der Waals surface area contributed by atoms with Crippen molar-refractivity contribution in [2.75, 3.05) is 13.1 Å². The number of rotatable bonds is 7. The molecule has 1 fully saturated rings. The molecule has 4 rings (SSSR count). The van der Waals surface area contributed by atoms with E-state index in [0.29, 0.717) is 25.2 Å². The molecule has 3 heterocycles. The molecule has 3 aromatic rings. The molecule has 1 saturated heterocycles. The van der Waals surface area contributed by atoms with Crippen molar-refractivity contribution in [1.82, 2.24) is 14.8 Å². The Morgan fingerprint density at radius 3 is 2.63 bits per heavy atom. The number of carbonyl (C=O) groups excluding carboxylic acids is 1. The molecule has 0 unspecified atom stereocenters. The number of benzene rings is 1. The van der Waals surface area contributed by atoms with Crippen LogP contribution in [-0.4, -0.2) is 40.5 Å². The molecular formula is C24H30ClN3OS. The number of thiophene rings is 1. The van der Waals surface area contributed by atoms with E-state index in [9.17, 15) is 4.79 Å². The molecule has 0 radical (unpaired) electrons. The van der Waals surface area contributed by atoms with Gasteiger partial charge in [0.05, 0.1) is 10.2 Å². The Kier molecular flexibility index (Phi) is 6.81. The molecule has 1 amide bonds. The van der Waals surface area contributed by atoms with Crippen LogP contribution in [0.15, 0.2) is 41.8 Å². The van der Waals surface area contributed by atoms with Crippen LogP contribution in [0.25, 0.3) is 10.2 Å². The molecule has 4 nitrogen and oxygen atoms in total. The Bertz CT molecular complexity index is 984. The highest BCUT2D eigenvalue weighted by molar-refractivity contribution is 7.17. The second-order valence-corrected chi connectivity index (χ2v) is 9.77. The average molecular weight is 444 g/mol. The Hall–Kier alpha value is -1.82. The van der Waals surface area contributed by atoms with E-state index in [1.807, 2.05) is 30.3 Å². The van der Waals surface area contributed by atoms with Gasteiger partial charge in [-0.3, -0.25) is 9.69 Å². The van der Waals surface area contributed by atoms with Crippen molar-refractivity contribution in [1.29, 1.82) is 0 Å². The Labute approximate surface area is 187 Å². The summed E-state index contributed by atoms with van der Waals surface area (Å²) in [6, 6.07) is 13.2. The third-order valence-corrected chi connectivity index (χ3v) is 7.37. The number of nitrogens with one attached hydrogen (secondary N) is 1.